The Balaban J connectivity index is 1.99. The lowest BCUT2D eigenvalue weighted by molar-refractivity contribution is 0.0658. The smallest absolute Gasteiger partial charge is 0.0620 e. The van der Waals surface area contributed by atoms with E-state index in [4.69, 9.17) is 10.5 Å². The molecule has 1 rings (SSSR count). The third kappa shape index (κ3) is 4.97. The summed E-state index contributed by atoms with van der Waals surface area (Å²) in [4.78, 5) is 0. The third-order valence-corrected chi connectivity index (χ3v) is 3.06. The molecule has 0 bridgehead atoms. The van der Waals surface area contributed by atoms with E-state index in [1.165, 1.54) is 32.1 Å². The molecule has 1 unspecified atom stereocenters. The topological polar surface area (TPSA) is 35.2 Å². The van der Waals surface area contributed by atoms with Crippen LogP contribution in [0.5, 0.6) is 0 Å². The lowest BCUT2D eigenvalue weighted by atomic mass is 9.99. The second kappa shape index (κ2) is 6.41. The lowest BCUT2D eigenvalue weighted by Crippen LogP contribution is -2.28. The normalized spacial score (nSPS) is 20.6. The highest BCUT2D eigenvalue weighted by Gasteiger charge is 2.16. The van der Waals surface area contributed by atoms with Gasteiger partial charge in [0, 0.05) is 6.04 Å². The van der Waals surface area contributed by atoms with E-state index in [1.54, 1.807) is 0 Å². The quantitative estimate of drug-likeness (QED) is 0.714. The Morgan fingerprint density at radius 2 is 1.93 bits per heavy atom. The van der Waals surface area contributed by atoms with Crippen molar-refractivity contribution in [2.75, 3.05) is 6.61 Å². The van der Waals surface area contributed by atoms with Crippen LogP contribution in [0.3, 0.4) is 0 Å². The van der Waals surface area contributed by atoms with E-state index in [1.807, 2.05) is 0 Å². The number of hydrogen-bond acceptors (Lipinski definition) is 2. The van der Waals surface area contributed by atoms with E-state index in [0.29, 0.717) is 6.10 Å². The monoisotopic (exact) mass is 199 g/mol. The van der Waals surface area contributed by atoms with Gasteiger partial charge in [-0.2, -0.15) is 0 Å². The molecule has 0 radical (unpaired) electrons. The molecule has 0 aromatic carbocycles. The van der Waals surface area contributed by atoms with Crippen LogP contribution in [0.25, 0.3) is 0 Å². The zero-order chi connectivity index (χ0) is 10.4. The number of ether oxygens (including phenoxy) is 1. The van der Waals surface area contributed by atoms with Gasteiger partial charge in [-0.15, -0.1) is 0 Å². The van der Waals surface area contributed by atoms with Gasteiger partial charge in [-0.05, 0) is 32.6 Å². The zero-order valence-electron chi connectivity index (χ0n) is 9.67. The van der Waals surface area contributed by atoms with Gasteiger partial charge in [0.15, 0.2) is 0 Å². The summed E-state index contributed by atoms with van der Waals surface area (Å²) in [6, 6.07) is 0.248. The van der Waals surface area contributed by atoms with Gasteiger partial charge < -0.3 is 10.5 Å². The van der Waals surface area contributed by atoms with Crippen LogP contribution in [0.4, 0.5) is 0 Å². The van der Waals surface area contributed by atoms with E-state index in [0.717, 1.165) is 18.9 Å². The van der Waals surface area contributed by atoms with E-state index in [-0.39, 0.29) is 6.04 Å². The molecule has 2 nitrogen and oxygen atoms in total. The maximum Gasteiger partial charge on any atom is 0.0620 e. The van der Waals surface area contributed by atoms with Crippen molar-refractivity contribution in [1.82, 2.24) is 0 Å². The molecule has 0 heterocycles. The Morgan fingerprint density at radius 3 is 2.50 bits per heavy atom. The molecule has 0 saturated heterocycles. The molecule has 0 aliphatic heterocycles. The van der Waals surface area contributed by atoms with Crippen LogP contribution < -0.4 is 5.73 Å². The third-order valence-electron chi connectivity index (χ3n) is 3.06. The van der Waals surface area contributed by atoms with Crippen LogP contribution in [0.1, 0.15) is 52.4 Å². The summed E-state index contributed by atoms with van der Waals surface area (Å²) in [5.41, 5.74) is 5.98. The largest absolute Gasteiger partial charge is 0.377 e. The van der Waals surface area contributed by atoms with Gasteiger partial charge in [0.25, 0.3) is 0 Å². The molecule has 1 saturated carbocycles. The highest BCUT2D eigenvalue weighted by atomic mass is 16.5. The molecule has 0 aromatic rings. The second-order valence-electron chi connectivity index (χ2n) is 4.87. The Kier molecular flexibility index (Phi) is 5.49. The molecule has 84 valence electrons. The van der Waals surface area contributed by atoms with Gasteiger partial charge in [0.1, 0.15) is 0 Å². The first-order chi connectivity index (χ1) is 6.68. The van der Waals surface area contributed by atoms with Crippen LogP contribution in [-0.2, 0) is 4.74 Å². The van der Waals surface area contributed by atoms with Crippen LogP contribution in [0.2, 0.25) is 0 Å². The first-order valence-corrected chi connectivity index (χ1v) is 6.05. The first-order valence-electron chi connectivity index (χ1n) is 6.05. The van der Waals surface area contributed by atoms with E-state index in [2.05, 4.69) is 13.8 Å². The maximum atomic E-state index is 5.98. The van der Waals surface area contributed by atoms with Crippen molar-refractivity contribution in [3.05, 3.63) is 0 Å². The fourth-order valence-corrected chi connectivity index (χ4v) is 2.15. The van der Waals surface area contributed by atoms with Gasteiger partial charge in [-0.1, -0.05) is 25.7 Å². The highest BCUT2D eigenvalue weighted by Crippen LogP contribution is 2.28. The molecule has 0 amide bonds. The molecule has 0 aromatic heterocycles. The van der Waals surface area contributed by atoms with Crippen LogP contribution in [-0.4, -0.2) is 18.8 Å². The molecule has 1 fully saturated rings. The Hall–Kier alpha value is -0.0800. The SMILES string of the molecule is CC(C)OCC(N)CCC1CCCC1. The van der Waals surface area contributed by atoms with Gasteiger partial charge in [-0.25, -0.2) is 0 Å². The van der Waals surface area contributed by atoms with Crippen molar-refractivity contribution in [2.24, 2.45) is 11.7 Å². The zero-order valence-corrected chi connectivity index (χ0v) is 9.67. The predicted molar refractivity (Wildman–Crippen MR) is 60.3 cm³/mol. The molecule has 1 aliphatic rings. The first kappa shape index (κ1) is 12.0. The highest BCUT2D eigenvalue weighted by molar-refractivity contribution is 4.70. The summed E-state index contributed by atoms with van der Waals surface area (Å²) in [6.45, 7) is 4.85. The molecule has 2 N–H and O–H groups in total. The van der Waals surface area contributed by atoms with Crippen molar-refractivity contribution in [2.45, 2.75) is 64.5 Å². The fraction of sp³-hybridized carbons (Fsp3) is 1.00. The van der Waals surface area contributed by atoms with Crippen molar-refractivity contribution in [1.29, 1.82) is 0 Å². The van der Waals surface area contributed by atoms with Crippen molar-refractivity contribution >= 4 is 0 Å². The van der Waals surface area contributed by atoms with Gasteiger partial charge in [0.2, 0.25) is 0 Å². The molecule has 1 aliphatic carbocycles. The minimum Gasteiger partial charge on any atom is -0.377 e. The fourth-order valence-electron chi connectivity index (χ4n) is 2.15. The van der Waals surface area contributed by atoms with Crippen molar-refractivity contribution in [3.63, 3.8) is 0 Å². The minimum atomic E-state index is 0.248. The standard InChI is InChI=1S/C12H25NO/c1-10(2)14-9-12(13)8-7-11-5-3-4-6-11/h10-12H,3-9,13H2,1-2H3. The molecule has 1 atom stereocenters. The summed E-state index contributed by atoms with van der Waals surface area (Å²) in [6.07, 6.45) is 8.48. The van der Waals surface area contributed by atoms with Gasteiger partial charge >= 0.3 is 0 Å². The molecule has 2 heteroatoms. The maximum absolute atomic E-state index is 5.98. The summed E-state index contributed by atoms with van der Waals surface area (Å²) in [5.74, 6) is 0.958. The number of nitrogens with two attached hydrogens (primary N) is 1. The van der Waals surface area contributed by atoms with Crippen LogP contribution in [0, 0.1) is 5.92 Å². The summed E-state index contributed by atoms with van der Waals surface area (Å²) < 4.78 is 5.49. The Morgan fingerprint density at radius 1 is 1.29 bits per heavy atom. The van der Waals surface area contributed by atoms with E-state index >= 15 is 0 Å². The van der Waals surface area contributed by atoms with Crippen LogP contribution in [0.15, 0.2) is 0 Å². The average Bonchev–Trinajstić information content (AvgIpc) is 2.63. The molecular weight excluding hydrogens is 174 g/mol. The van der Waals surface area contributed by atoms with E-state index < -0.39 is 0 Å². The average molecular weight is 199 g/mol. The number of rotatable bonds is 6. The Bertz CT molecular complexity index is 141. The minimum absolute atomic E-state index is 0.248. The second-order valence-corrected chi connectivity index (χ2v) is 4.87. The van der Waals surface area contributed by atoms with Crippen molar-refractivity contribution in [3.8, 4) is 0 Å². The van der Waals surface area contributed by atoms with Gasteiger partial charge in [0.05, 0.1) is 12.7 Å². The van der Waals surface area contributed by atoms with Gasteiger partial charge in [-0.3, -0.25) is 0 Å². The van der Waals surface area contributed by atoms with Crippen molar-refractivity contribution < 1.29 is 4.74 Å². The number of hydrogen-bond donors (Lipinski definition) is 1. The predicted octanol–water partition coefficient (Wildman–Crippen LogP) is 2.71. The summed E-state index contributed by atoms with van der Waals surface area (Å²) in [7, 11) is 0. The summed E-state index contributed by atoms with van der Waals surface area (Å²) >= 11 is 0. The van der Waals surface area contributed by atoms with E-state index in [9.17, 15) is 0 Å². The molecular formula is C12H25NO. The molecule has 0 spiro atoms. The molecule has 14 heavy (non-hydrogen) atoms. The summed E-state index contributed by atoms with van der Waals surface area (Å²) in [5, 5.41) is 0. The van der Waals surface area contributed by atoms with Crippen LogP contribution >= 0.6 is 0 Å². The lowest BCUT2D eigenvalue weighted by Gasteiger charge is -2.16. The Labute approximate surface area is 88.2 Å².